The molecule has 0 heteroatoms. The fraction of sp³-hybridized carbons (Fsp3) is 0.0588. The molecular weight excluding hydrogens is 204 g/mol. The maximum atomic E-state index is 2.24. The van der Waals surface area contributed by atoms with Gasteiger partial charge in [-0.05, 0) is 35.3 Å². The van der Waals surface area contributed by atoms with Gasteiger partial charge in [-0.15, -0.1) is 0 Å². The van der Waals surface area contributed by atoms with Gasteiger partial charge in [0, 0.05) is 0 Å². The van der Waals surface area contributed by atoms with E-state index in [0.717, 1.165) is 0 Å². The Balaban J connectivity index is 2.02. The molecule has 3 rings (SSSR count). The Labute approximate surface area is 102 Å². The Morgan fingerprint density at radius 1 is 0.824 bits per heavy atom. The molecule has 0 aromatic heterocycles. The molecule has 0 amide bonds. The van der Waals surface area contributed by atoms with E-state index in [1.54, 1.807) is 0 Å². The first-order valence-electron chi connectivity index (χ1n) is 5.89. The fourth-order valence-corrected chi connectivity index (χ4v) is 2.14. The maximum absolute atomic E-state index is 2.24. The molecule has 2 aromatic carbocycles. The van der Waals surface area contributed by atoms with Gasteiger partial charge >= 0.3 is 0 Å². The summed E-state index contributed by atoms with van der Waals surface area (Å²) in [7, 11) is 0. The van der Waals surface area contributed by atoms with Crippen molar-refractivity contribution in [1.82, 2.24) is 0 Å². The van der Waals surface area contributed by atoms with Crippen LogP contribution in [0.15, 0.2) is 54.6 Å². The van der Waals surface area contributed by atoms with Crippen LogP contribution in [0.1, 0.15) is 22.3 Å². The zero-order chi connectivity index (χ0) is 11.7. The van der Waals surface area contributed by atoms with Crippen molar-refractivity contribution in [3.8, 4) is 0 Å². The fourth-order valence-electron chi connectivity index (χ4n) is 2.14. The molecule has 0 spiro atoms. The smallest absolute Gasteiger partial charge is 0.0111 e. The minimum atomic E-state index is 1.26. The molecule has 82 valence electrons. The SMILES string of the molecule is Cc1ccc(/C=C2\C=Cc3ccccc32)cc1. The molecule has 1 aliphatic carbocycles. The van der Waals surface area contributed by atoms with E-state index in [9.17, 15) is 0 Å². The number of benzene rings is 2. The predicted octanol–water partition coefficient (Wildman–Crippen LogP) is 4.56. The number of fused-ring (bicyclic) bond motifs is 1. The highest BCUT2D eigenvalue weighted by Gasteiger charge is 2.08. The average Bonchev–Trinajstić information content (AvgIpc) is 2.76. The highest BCUT2D eigenvalue weighted by atomic mass is 14.1. The molecule has 0 fully saturated rings. The summed E-state index contributed by atoms with van der Waals surface area (Å²) in [5, 5.41) is 0. The van der Waals surface area contributed by atoms with Crippen LogP contribution in [0, 0.1) is 6.92 Å². The van der Waals surface area contributed by atoms with Crippen molar-refractivity contribution >= 4 is 17.7 Å². The van der Waals surface area contributed by atoms with Crippen molar-refractivity contribution in [2.45, 2.75) is 6.92 Å². The lowest BCUT2D eigenvalue weighted by atomic mass is 10.0. The molecule has 1 aliphatic rings. The lowest BCUT2D eigenvalue weighted by molar-refractivity contribution is 1.46. The van der Waals surface area contributed by atoms with Crippen LogP contribution in [0.2, 0.25) is 0 Å². The Morgan fingerprint density at radius 3 is 2.41 bits per heavy atom. The molecule has 0 nitrogen and oxygen atoms in total. The van der Waals surface area contributed by atoms with E-state index in [-0.39, 0.29) is 0 Å². The number of aryl methyl sites for hydroxylation is 1. The zero-order valence-electron chi connectivity index (χ0n) is 9.85. The molecule has 0 atom stereocenters. The van der Waals surface area contributed by atoms with Crippen molar-refractivity contribution in [2.24, 2.45) is 0 Å². The van der Waals surface area contributed by atoms with Crippen LogP contribution in [0.5, 0.6) is 0 Å². The summed E-state index contributed by atoms with van der Waals surface area (Å²) in [4.78, 5) is 0. The summed E-state index contributed by atoms with van der Waals surface area (Å²) in [6.45, 7) is 2.11. The van der Waals surface area contributed by atoms with Crippen molar-refractivity contribution in [3.05, 3.63) is 76.9 Å². The first kappa shape index (κ1) is 10.1. The molecule has 0 bridgehead atoms. The molecule has 0 radical (unpaired) electrons. The first-order chi connectivity index (χ1) is 8.33. The molecular formula is C17H14. The molecule has 2 aromatic rings. The molecule has 0 heterocycles. The molecule has 0 aliphatic heterocycles. The largest absolute Gasteiger partial charge is 0.0616 e. The lowest BCUT2D eigenvalue weighted by Gasteiger charge is -2.01. The van der Waals surface area contributed by atoms with Gasteiger partial charge < -0.3 is 0 Å². The Morgan fingerprint density at radius 2 is 1.59 bits per heavy atom. The third-order valence-electron chi connectivity index (χ3n) is 3.11. The van der Waals surface area contributed by atoms with Crippen LogP contribution < -0.4 is 0 Å². The van der Waals surface area contributed by atoms with E-state index in [4.69, 9.17) is 0 Å². The summed E-state index contributed by atoms with van der Waals surface area (Å²) in [5.74, 6) is 0. The second-order valence-corrected chi connectivity index (χ2v) is 4.43. The standard InChI is InChI=1S/C17H14/c1-13-6-8-14(9-7-13)12-16-11-10-15-4-2-3-5-17(15)16/h2-12H,1H3/b16-12+. The van der Waals surface area contributed by atoms with Crippen LogP contribution in [0.4, 0.5) is 0 Å². The second-order valence-electron chi connectivity index (χ2n) is 4.43. The number of allylic oxidation sites excluding steroid dienone is 2. The van der Waals surface area contributed by atoms with Crippen molar-refractivity contribution in [1.29, 1.82) is 0 Å². The van der Waals surface area contributed by atoms with E-state index in [1.807, 2.05) is 0 Å². The monoisotopic (exact) mass is 218 g/mol. The summed E-state index contributed by atoms with van der Waals surface area (Å²) in [6.07, 6.45) is 6.60. The zero-order valence-corrected chi connectivity index (χ0v) is 9.85. The minimum absolute atomic E-state index is 1.26. The van der Waals surface area contributed by atoms with Gasteiger partial charge in [-0.1, -0.05) is 66.2 Å². The molecule has 17 heavy (non-hydrogen) atoms. The third-order valence-corrected chi connectivity index (χ3v) is 3.11. The molecule has 0 saturated heterocycles. The second kappa shape index (κ2) is 4.06. The van der Waals surface area contributed by atoms with Gasteiger partial charge in [-0.2, -0.15) is 0 Å². The third kappa shape index (κ3) is 1.94. The lowest BCUT2D eigenvalue weighted by Crippen LogP contribution is -1.80. The molecule has 0 unspecified atom stereocenters. The van der Waals surface area contributed by atoms with Crippen molar-refractivity contribution < 1.29 is 0 Å². The molecule has 0 N–H and O–H groups in total. The summed E-state index contributed by atoms with van der Waals surface area (Å²) in [5.41, 5.74) is 6.49. The van der Waals surface area contributed by atoms with Gasteiger partial charge in [-0.3, -0.25) is 0 Å². The van der Waals surface area contributed by atoms with Gasteiger partial charge in [-0.25, -0.2) is 0 Å². The van der Waals surface area contributed by atoms with E-state index in [2.05, 4.69) is 73.7 Å². The van der Waals surface area contributed by atoms with Crippen LogP contribution in [0.25, 0.3) is 17.7 Å². The maximum Gasteiger partial charge on any atom is -0.0111 e. The number of rotatable bonds is 1. The average molecular weight is 218 g/mol. The van der Waals surface area contributed by atoms with Gasteiger partial charge in [0.1, 0.15) is 0 Å². The van der Waals surface area contributed by atoms with Crippen LogP contribution in [0.3, 0.4) is 0 Å². The van der Waals surface area contributed by atoms with Crippen molar-refractivity contribution in [2.75, 3.05) is 0 Å². The summed E-state index contributed by atoms with van der Waals surface area (Å²) in [6, 6.07) is 17.1. The normalized spacial score (nSPS) is 15.2. The minimum Gasteiger partial charge on any atom is -0.0616 e. The van der Waals surface area contributed by atoms with E-state index in [0.29, 0.717) is 0 Å². The van der Waals surface area contributed by atoms with E-state index < -0.39 is 0 Å². The highest BCUT2D eigenvalue weighted by Crippen LogP contribution is 2.30. The van der Waals surface area contributed by atoms with Crippen LogP contribution >= 0.6 is 0 Å². The summed E-state index contributed by atoms with van der Waals surface area (Å²) < 4.78 is 0. The predicted molar refractivity (Wildman–Crippen MR) is 74.5 cm³/mol. The van der Waals surface area contributed by atoms with E-state index >= 15 is 0 Å². The Hall–Kier alpha value is -2.08. The topological polar surface area (TPSA) is 0 Å². The number of hydrogen-bond donors (Lipinski definition) is 0. The summed E-state index contributed by atoms with van der Waals surface area (Å²) >= 11 is 0. The Kier molecular flexibility index (Phi) is 2.41. The van der Waals surface area contributed by atoms with Gasteiger partial charge in [0.25, 0.3) is 0 Å². The van der Waals surface area contributed by atoms with Gasteiger partial charge in [0.15, 0.2) is 0 Å². The Bertz CT molecular complexity index is 598. The molecule has 0 saturated carbocycles. The van der Waals surface area contributed by atoms with Crippen molar-refractivity contribution in [3.63, 3.8) is 0 Å². The van der Waals surface area contributed by atoms with Gasteiger partial charge in [0.05, 0.1) is 0 Å². The van der Waals surface area contributed by atoms with Crippen LogP contribution in [-0.4, -0.2) is 0 Å². The van der Waals surface area contributed by atoms with Gasteiger partial charge in [0.2, 0.25) is 0 Å². The van der Waals surface area contributed by atoms with Crippen LogP contribution in [-0.2, 0) is 0 Å². The highest BCUT2D eigenvalue weighted by molar-refractivity contribution is 5.97. The quantitative estimate of drug-likeness (QED) is 0.658. The first-order valence-corrected chi connectivity index (χ1v) is 5.89. The van der Waals surface area contributed by atoms with E-state index in [1.165, 1.54) is 27.8 Å². The number of hydrogen-bond acceptors (Lipinski definition) is 0.